The van der Waals surface area contributed by atoms with Crippen LogP contribution in [0.3, 0.4) is 0 Å². The lowest BCUT2D eigenvalue weighted by Gasteiger charge is -2.18. The quantitative estimate of drug-likeness (QED) is 0.660. The average Bonchev–Trinajstić information content (AvgIpc) is 2.64. The Morgan fingerprint density at radius 1 is 0.958 bits per heavy atom. The van der Waals surface area contributed by atoms with Crippen LogP contribution in [0.1, 0.15) is 23.5 Å². The van der Waals surface area contributed by atoms with Gasteiger partial charge < -0.3 is 15.4 Å². The molecule has 0 aromatic heterocycles. The Morgan fingerprint density at radius 3 is 2.08 bits per heavy atom. The molecule has 0 heterocycles. The van der Waals surface area contributed by atoms with Crippen LogP contribution in [0.25, 0.3) is 0 Å². The molecule has 2 aromatic carbocycles. The Labute approximate surface area is 144 Å². The Bertz CT molecular complexity index is 548. The molecule has 0 bridgehead atoms. The highest BCUT2D eigenvalue weighted by Gasteiger charge is 2.13. The third kappa shape index (κ3) is 6.14. The number of amides is 1. The number of hydrogen-bond donors (Lipinski definition) is 2. The summed E-state index contributed by atoms with van der Waals surface area (Å²) in [4.78, 5) is 11.8. The Morgan fingerprint density at radius 2 is 1.54 bits per heavy atom. The lowest BCUT2D eigenvalue weighted by Crippen LogP contribution is -2.36. The van der Waals surface area contributed by atoms with Crippen LogP contribution >= 0.6 is 0 Å². The first-order valence-electron chi connectivity index (χ1n) is 8.37. The molecule has 0 aliphatic rings. The van der Waals surface area contributed by atoms with Gasteiger partial charge in [-0.2, -0.15) is 0 Å². The van der Waals surface area contributed by atoms with E-state index in [1.807, 2.05) is 12.1 Å². The van der Waals surface area contributed by atoms with Gasteiger partial charge in [0.1, 0.15) is 0 Å². The van der Waals surface area contributed by atoms with Crippen LogP contribution in [0, 0.1) is 0 Å². The highest BCUT2D eigenvalue weighted by molar-refractivity contribution is 5.77. The van der Waals surface area contributed by atoms with Crippen molar-refractivity contribution in [1.29, 1.82) is 0 Å². The predicted molar refractivity (Wildman–Crippen MR) is 97.1 cm³/mol. The van der Waals surface area contributed by atoms with Crippen molar-refractivity contribution >= 4 is 5.91 Å². The van der Waals surface area contributed by atoms with E-state index in [0.29, 0.717) is 26.2 Å². The van der Waals surface area contributed by atoms with Gasteiger partial charge >= 0.3 is 0 Å². The van der Waals surface area contributed by atoms with Gasteiger partial charge in [-0.1, -0.05) is 60.7 Å². The van der Waals surface area contributed by atoms with Crippen LogP contribution in [-0.2, 0) is 9.53 Å². The summed E-state index contributed by atoms with van der Waals surface area (Å²) in [6.45, 7) is 2.27. The van der Waals surface area contributed by atoms with Gasteiger partial charge in [0.2, 0.25) is 5.91 Å². The molecule has 2 aromatic rings. The maximum atomic E-state index is 11.8. The molecule has 2 rings (SSSR count). The van der Waals surface area contributed by atoms with Gasteiger partial charge in [0.05, 0.1) is 13.2 Å². The van der Waals surface area contributed by atoms with E-state index in [1.54, 1.807) is 7.11 Å². The molecule has 24 heavy (non-hydrogen) atoms. The van der Waals surface area contributed by atoms with Crippen LogP contribution in [0.15, 0.2) is 60.7 Å². The van der Waals surface area contributed by atoms with Gasteiger partial charge in [-0.05, 0) is 17.5 Å². The number of carbonyl (C=O) groups is 1. The van der Waals surface area contributed by atoms with Crippen LogP contribution in [-0.4, -0.2) is 39.3 Å². The van der Waals surface area contributed by atoms with Crippen LogP contribution < -0.4 is 10.6 Å². The van der Waals surface area contributed by atoms with Crippen LogP contribution in [0.4, 0.5) is 0 Å². The van der Waals surface area contributed by atoms with Crippen molar-refractivity contribution in [2.45, 2.75) is 12.3 Å². The number of benzene rings is 2. The first kappa shape index (κ1) is 18.2. The van der Waals surface area contributed by atoms with E-state index in [2.05, 4.69) is 59.2 Å². The molecule has 1 amide bonds. The van der Waals surface area contributed by atoms with E-state index in [1.165, 1.54) is 11.1 Å². The summed E-state index contributed by atoms with van der Waals surface area (Å²) >= 11 is 0. The van der Waals surface area contributed by atoms with Crippen molar-refractivity contribution < 1.29 is 9.53 Å². The molecule has 0 aliphatic carbocycles. The fraction of sp³-hybridized carbons (Fsp3) is 0.350. The largest absolute Gasteiger partial charge is 0.383 e. The highest BCUT2D eigenvalue weighted by Crippen LogP contribution is 2.27. The molecular weight excluding hydrogens is 300 g/mol. The monoisotopic (exact) mass is 326 g/mol. The van der Waals surface area contributed by atoms with Gasteiger partial charge in [0.25, 0.3) is 0 Å². The van der Waals surface area contributed by atoms with Crippen molar-refractivity contribution in [3.05, 3.63) is 71.8 Å². The van der Waals surface area contributed by atoms with Crippen LogP contribution in [0.5, 0.6) is 0 Å². The van der Waals surface area contributed by atoms with E-state index >= 15 is 0 Å². The molecule has 4 heteroatoms. The minimum absolute atomic E-state index is 0.0194. The lowest BCUT2D eigenvalue weighted by atomic mass is 9.88. The zero-order valence-electron chi connectivity index (χ0n) is 14.2. The first-order chi connectivity index (χ1) is 11.8. The SMILES string of the molecule is COCCNCC(=O)NCCC(c1ccccc1)c1ccccc1. The summed E-state index contributed by atoms with van der Waals surface area (Å²) in [5.41, 5.74) is 2.55. The van der Waals surface area contributed by atoms with E-state index in [-0.39, 0.29) is 11.8 Å². The molecule has 128 valence electrons. The smallest absolute Gasteiger partial charge is 0.233 e. The predicted octanol–water partition coefficient (Wildman–Crippen LogP) is 2.56. The minimum atomic E-state index is 0.0194. The fourth-order valence-corrected chi connectivity index (χ4v) is 2.69. The van der Waals surface area contributed by atoms with Crippen LogP contribution in [0.2, 0.25) is 0 Å². The molecule has 0 saturated heterocycles. The van der Waals surface area contributed by atoms with Gasteiger partial charge in [-0.15, -0.1) is 0 Å². The number of hydrogen-bond acceptors (Lipinski definition) is 3. The van der Waals surface area contributed by atoms with Crippen molar-refractivity contribution in [1.82, 2.24) is 10.6 Å². The van der Waals surface area contributed by atoms with Gasteiger partial charge in [-0.25, -0.2) is 0 Å². The first-order valence-corrected chi connectivity index (χ1v) is 8.37. The third-order valence-corrected chi connectivity index (χ3v) is 3.93. The summed E-state index contributed by atoms with van der Waals surface area (Å²) in [6, 6.07) is 20.9. The zero-order valence-corrected chi connectivity index (χ0v) is 14.2. The maximum Gasteiger partial charge on any atom is 0.233 e. The summed E-state index contributed by atoms with van der Waals surface area (Å²) < 4.78 is 4.94. The normalized spacial score (nSPS) is 10.8. The molecular formula is C20H26N2O2. The topological polar surface area (TPSA) is 50.4 Å². The Kier molecular flexibility index (Phi) is 8.01. The minimum Gasteiger partial charge on any atom is -0.383 e. The summed E-state index contributed by atoms with van der Waals surface area (Å²) in [7, 11) is 1.65. The number of methoxy groups -OCH3 is 1. The molecule has 0 aliphatic heterocycles. The fourth-order valence-electron chi connectivity index (χ4n) is 2.69. The second-order valence-corrected chi connectivity index (χ2v) is 5.68. The van der Waals surface area contributed by atoms with Gasteiger partial charge in [0, 0.05) is 26.1 Å². The second kappa shape index (κ2) is 10.6. The second-order valence-electron chi connectivity index (χ2n) is 5.68. The molecule has 0 atom stereocenters. The maximum absolute atomic E-state index is 11.8. The number of rotatable bonds is 10. The molecule has 2 N–H and O–H groups in total. The molecule has 0 unspecified atom stereocenters. The molecule has 0 saturated carbocycles. The molecule has 0 radical (unpaired) electrons. The summed E-state index contributed by atoms with van der Waals surface area (Å²) in [5, 5.41) is 6.04. The molecule has 0 spiro atoms. The van der Waals surface area contributed by atoms with E-state index < -0.39 is 0 Å². The standard InChI is InChI=1S/C20H26N2O2/c1-24-15-14-21-16-20(23)22-13-12-19(17-8-4-2-5-9-17)18-10-6-3-7-11-18/h2-11,19,21H,12-16H2,1H3,(H,22,23). The van der Waals surface area contributed by atoms with Crippen molar-refractivity contribution in [3.63, 3.8) is 0 Å². The Hall–Kier alpha value is -2.17. The van der Waals surface area contributed by atoms with Gasteiger partial charge in [0.15, 0.2) is 0 Å². The number of nitrogens with one attached hydrogen (secondary N) is 2. The van der Waals surface area contributed by atoms with E-state index in [4.69, 9.17) is 4.74 Å². The molecule has 0 fully saturated rings. The van der Waals surface area contributed by atoms with E-state index in [9.17, 15) is 4.79 Å². The van der Waals surface area contributed by atoms with Gasteiger partial charge in [-0.3, -0.25) is 4.79 Å². The van der Waals surface area contributed by atoms with Crippen molar-refractivity contribution in [2.24, 2.45) is 0 Å². The lowest BCUT2D eigenvalue weighted by molar-refractivity contribution is -0.120. The third-order valence-electron chi connectivity index (χ3n) is 3.93. The van der Waals surface area contributed by atoms with Crippen molar-refractivity contribution in [2.75, 3.05) is 33.4 Å². The number of carbonyl (C=O) groups excluding carboxylic acids is 1. The highest BCUT2D eigenvalue weighted by atomic mass is 16.5. The average molecular weight is 326 g/mol. The summed E-state index contributed by atoms with van der Waals surface area (Å²) in [5.74, 6) is 0.306. The zero-order chi connectivity index (χ0) is 17.0. The van der Waals surface area contributed by atoms with Crippen molar-refractivity contribution in [3.8, 4) is 0 Å². The Balaban J connectivity index is 1.87. The van der Waals surface area contributed by atoms with E-state index in [0.717, 1.165) is 6.42 Å². The number of ether oxygens (including phenoxy) is 1. The molecule has 4 nitrogen and oxygen atoms in total. The summed E-state index contributed by atoms with van der Waals surface area (Å²) in [6.07, 6.45) is 0.873.